The summed E-state index contributed by atoms with van der Waals surface area (Å²) in [6, 6.07) is 0. The van der Waals surface area contributed by atoms with Crippen molar-refractivity contribution in [2.75, 3.05) is 18.6 Å². The molecule has 2 unspecified atom stereocenters. The first-order chi connectivity index (χ1) is 5.05. The van der Waals surface area contributed by atoms with Gasteiger partial charge in [0, 0.05) is 21.2 Å². The Labute approximate surface area is 65.9 Å². The van der Waals surface area contributed by atoms with Crippen molar-refractivity contribution in [3.63, 3.8) is 0 Å². The zero-order chi connectivity index (χ0) is 8.48. The number of rotatable bonds is 1. The first-order valence-electron chi connectivity index (χ1n) is 3.37. The van der Waals surface area contributed by atoms with Gasteiger partial charge in [-0.15, -0.1) is 0 Å². The van der Waals surface area contributed by atoms with E-state index in [4.69, 9.17) is 4.78 Å². The van der Waals surface area contributed by atoms with Crippen molar-refractivity contribution in [2.24, 2.45) is 5.92 Å². The number of hydrogen-bond acceptors (Lipinski definition) is 4. The Balaban J connectivity index is 2.62. The van der Waals surface area contributed by atoms with Gasteiger partial charge in [0.2, 0.25) is 0 Å². The highest BCUT2D eigenvalue weighted by Gasteiger charge is 2.31. The molecule has 1 saturated heterocycles. The van der Waals surface area contributed by atoms with E-state index in [1.54, 1.807) is 0 Å². The first kappa shape index (κ1) is 8.52. The third-order valence-electron chi connectivity index (χ3n) is 1.80. The summed E-state index contributed by atoms with van der Waals surface area (Å²) in [7, 11) is -1.14. The Morgan fingerprint density at radius 3 is 2.73 bits per heavy atom. The van der Waals surface area contributed by atoms with E-state index in [9.17, 15) is 9.00 Å². The molecule has 0 bridgehead atoms. The summed E-state index contributed by atoms with van der Waals surface area (Å²) in [5.74, 6) is -0.112. The lowest BCUT2D eigenvalue weighted by molar-refractivity contribution is -0.144. The van der Waals surface area contributed by atoms with Crippen LogP contribution in [0.15, 0.2) is 0 Å². The highest BCUT2D eigenvalue weighted by atomic mass is 32.2. The average molecular weight is 177 g/mol. The molecule has 0 aromatic carbocycles. The van der Waals surface area contributed by atoms with Gasteiger partial charge in [-0.05, 0) is 6.42 Å². The van der Waals surface area contributed by atoms with Crippen LogP contribution >= 0.6 is 0 Å². The molecule has 0 amide bonds. The molecule has 0 aromatic heterocycles. The van der Waals surface area contributed by atoms with Gasteiger partial charge < -0.3 is 4.74 Å². The van der Waals surface area contributed by atoms with Crippen molar-refractivity contribution in [1.29, 1.82) is 4.78 Å². The third-order valence-corrected chi connectivity index (χ3v) is 3.64. The number of methoxy groups -OCH3 is 1. The molecule has 11 heavy (non-hydrogen) atoms. The van der Waals surface area contributed by atoms with E-state index in [1.165, 1.54) is 7.11 Å². The minimum Gasteiger partial charge on any atom is -0.469 e. The smallest absolute Gasteiger partial charge is 0.309 e. The molecule has 0 radical (unpaired) electrons. The predicted molar refractivity (Wildman–Crippen MR) is 40.7 cm³/mol. The first-order valence-corrected chi connectivity index (χ1v) is 5.27. The second-order valence-electron chi connectivity index (χ2n) is 2.69. The van der Waals surface area contributed by atoms with E-state index in [0.29, 0.717) is 12.2 Å². The largest absolute Gasteiger partial charge is 0.469 e. The van der Waals surface area contributed by atoms with E-state index in [2.05, 4.69) is 4.74 Å². The predicted octanol–water partition coefficient (Wildman–Crippen LogP) is 0.226. The van der Waals surface area contributed by atoms with E-state index >= 15 is 0 Å². The van der Waals surface area contributed by atoms with Crippen molar-refractivity contribution < 1.29 is 13.7 Å². The number of esters is 1. The standard InChI is InChI=1S/C6H11NO3S/c1-10-6(8)5-2-3-11(7,9)4-5/h5,7H,2-4H2,1H3. The van der Waals surface area contributed by atoms with Gasteiger partial charge >= 0.3 is 5.97 Å². The van der Waals surface area contributed by atoms with E-state index < -0.39 is 9.73 Å². The number of carbonyl (C=O) groups is 1. The maximum absolute atomic E-state index is 11.1. The highest BCUT2D eigenvalue weighted by molar-refractivity contribution is 7.92. The summed E-state index contributed by atoms with van der Waals surface area (Å²) in [4.78, 5) is 10.9. The molecular weight excluding hydrogens is 166 g/mol. The molecule has 1 fully saturated rings. The number of ether oxygens (including phenoxy) is 1. The summed E-state index contributed by atoms with van der Waals surface area (Å²) >= 11 is 0. The Hall–Kier alpha value is -0.580. The number of nitrogens with one attached hydrogen (secondary N) is 1. The van der Waals surface area contributed by atoms with Crippen LogP contribution in [-0.2, 0) is 19.3 Å². The lowest BCUT2D eigenvalue weighted by Gasteiger charge is -2.03. The van der Waals surface area contributed by atoms with Crippen LogP contribution in [0.4, 0.5) is 0 Å². The van der Waals surface area contributed by atoms with Crippen molar-refractivity contribution in [2.45, 2.75) is 6.42 Å². The molecule has 0 saturated carbocycles. The maximum atomic E-state index is 11.1. The Morgan fingerprint density at radius 1 is 1.73 bits per heavy atom. The lowest BCUT2D eigenvalue weighted by Crippen LogP contribution is -2.16. The highest BCUT2D eigenvalue weighted by Crippen LogP contribution is 2.19. The van der Waals surface area contributed by atoms with Gasteiger partial charge in [-0.1, -0.05) is 0 Å². The van der Waals surface area contributed by atoms with Crippen LogP contribution in [-0.4, -0.2) is 28.8 Å². The molecule has 1 rings (SSSR count). The molecular formula is C6H11NO3S. The quantitative estimate of drug-likeness (QED) is 0.583. The van der Waals surface area contributed by atoms with Crippen LogP contribution < -0.4 is 0 Å². The fourth-order valence-electron chi connectivity index (χ4n) is 1.18. The SMILES string of the molecule is COC(=O)C1CCS(=N)(=O)C1. The molecule has 2 atom stereocenters. The van der Waals surface area contributed by atoms with Crippen molar-refractivity contribution in [1.82, 2.24) is 0 Å². The molecule has 0 spiro atoms. The second-order valence-corrected chi connectivity index (χ2v) is 5.06. The Kier molecular flexibility index (Phi) is 2.17. The Morgan fingerprint density at radius 2 is 2.36 bits per heavy atom. The third kappa shape index (κ3) is 1.92. The van der Waals surface area contributed by atoms with Gasteiger partial charge in [0.1, 0.15) is 0 Å². The summed E-state index contributed by atoms with van der Waals surface area (Å²) in [6.45, 7) is 0. The maximum Gasteiger partial charge on any atom is 0.309 e. The van der Waals surface area contributed by atoms with Crippen LogP contribution in [0.3, 0.4) is 0 Å². The zero-order valence-corrected chi connectivity index (χ0v) is 7.15. The topological polar surface area (TPSA) is 67.2 Å². The van der Waals surface area contributed by atoms with Gasteiger partial charge in [-0.2, -0.15) is 0 Å². The minimum absolute atomic E-state index is 0.180. The van der Waals surface area contributed by atoms with Crippen molar-refractivity contribution >= 4 is 15.7 Å². The van der Waals surface area contributed by atoms with Gasteiger partial charge in [0.25, 0.3) is 0 Å². The lowest BCUT2D eigenvalue weighted by atomic mass is 10.1. The Bertz CT molecular complexity index is 257. The van der Waals surface area contributed by atoms with Crippen LogP contribution in [0.1, 0.15) is 6.42 Å². The molecule has 4 nitrogen and oxygen atoms in total. The molecule has 1 aliphatic heterocycles. The summed E-state index contributed by atoms with van der Waals surface area (Å²) in [5.41, 5.74) is 0. The molecule has 1 aliphatic rings. The average Bonchev–Trinajstić information content (AvgIpc) is 2.29. The summed E-state index contributed by atoms with van der Waals surface area (Å²) in [5, 5.41) is 0. The number of hydrogen-bond donors (Lipinski definition) is 1. The molecule has 0 aromatic rings. The van der Waals surface area contributed by atoms with Crippen molar-refractivity contribution in [3.8, 4) is 0 Å². The fraction of sp³-hybridized carbons (Fsp3) is 0.833. The second kappa shape index (κ2) is 2.81. The monoisotopic (exact) mass is 177 g/mol. The van der Waals surface area contributed by atoms with Crippen molar-refractivity contribution in [3.05, 3.63) is 0 Å². The van der Waals surface area contributed by atoms with E-state index in [0.717, 1.165) is 0 Å². The van der Waals surface area contributed by atoms with Gasteiger partial charge in [0.15, 0.2) is 0 Å². The van der Waals surface area contributed by atoms with E-state index in [1.807, 2.05) is 0 Å². The van der Waals surface area contributed by atoms with E-state index in [-0.39, 0.29) is 17.6 Å². The molecule has 5 heteroatoms. The summed E-state index contributed by atoms with van der Waals surface area (Å²) < 4.78 is 22.8. The zero-order valence-electron chi connectivity index (χ0n) is 6.33. The molecule has 1 N–H and O–H groups in total. The van der Waals surface area contributed by atoms with Crippen LogP contribution in [0.2, 0.25) is 0 Å². The van der Waals surface area contributed by atoms with Crippen LogP contribution in [0, 0.1) is 10.7 Å². The number of carbonyl (C=O) groups excluding carboxylic acids is 1. The molecule has 1 heterocycles. The molecule has 0 aliphatic carbocycles. The normalized spacial score (nSPS) is 37.0. The summed E-state index contributed by atoms with van der Waals surface area (Å²) in [6.07, 6.45) is 0.537. The molecule has 64 valence electrons. The fourth-order valence-corrected chi connectivity index (χ4v) is 2.96. The minimum atomic E-state index is -2.45. The van der Waals surface area contributed by atoms with Gasteiger partial charge in [-0.3, -0.25) is 9.57 Å². The van der Waals surface area contributed by atoms with Gasteiger partial charge in [-0.25, -0.2) is 4.21 Å². The van der Waals surface area contributed by atoms with Crippen LogP contribution in [0.25, 0.3) is 0 Å². The van der Waals surface area contributed by atoms with Gasteiger partial charge in [0.05, 0.1) is 13.0 Å². The van der Waals surface area contributed by atoms with Crippen LogP contribution in [0.5, 0.6) is 0 Å².